The zero-order chi connectivity index (χ0) is 9.80. The van der Waals surface area contributed by atoms with Gasteiger partial charge in [0, 0.05) is 0 Å². The first kappa shape index (κ1) is 9.85. The van der Waals surface area contributed by atoms with Crippen molar-refractivity contribution in [1.29, 1.82) is 0 Å². The summed E-state index contributed by atoms with van der Waals surface area (Å²) in [6.45, 7) is 0. The quantitative estimate of drug-likeness (QED) is 0.687. The molecule has 0 bridgehead atoms. The van der Waals surface area contributed by atoms with E-state index in [1.807, 2.05) is 5.41 Å². The molecule has 0 amide bonds. The molecule has 0 aliphatic heterocycles. The van der Waals surface area contributed by atoms with Crippen molar-refractivity contribution < 1.29 is 0 Å². The van der Waals surface area contributed by atoms with Gasteiger partial charge in [-0.25, -0.2) is 0 Å². The van der Waals surface area contributed by atoms with Gasteiger partial charge in [0.15, 0.2) is 0 Å². The first-order valence-corrected chi connectivity index (χ1v) is 5.83. The molecule has 0 radical (unpaired) electrons. The molecule has 0 nitrogen and oxygen atoms in total. The van der Waals surface area contributed by atoms with Gasteiger partial charge in [0.2, 0.25) is 0 Å². The van der Waals surface area contributed by atoms with E-state index < -0.39 is 0 Å². The molecule has 1 aromatic rings. The van der Waals surface area contributed by atoms with Gasteiger partial charge in [0.25, 0.3) is 0 Å². The summed E-state index contributed by atoms with van der Waals surface area (Å²) < 4.78 is 0. The molecule has 0 unspecified atom stereocenters. The van der Waals surface area contributed by atoms with E-state index in [0.29, 0.717) is 0 Å². The molecule has 74 valence electrons. The Morgan fingerprint density at radius 3 is 2.36 bits per heavy atom. The van der Waals surface area contributed by atoms with E-state index >= 15 is 0 Å². The topological polar surface area (TPSA) is 0 Å². The van der Waals surface area contributed by atoms with Gasteiger partial charge in [-0.1, -0.05) is 43.2 Å². The van der Waals surface area contributed by atoms with Gasteiger partial charge in [-0.2, -0.15) is 12.6 Å². The number of allylic oxidation sites excluding steroid dienone is 1. The molecule has 0 spiro atoms. The minimum atomic E-state index is 0.745. The molecular weight excluding hydrogens is 188 g/mol. The molecule has 0 N–H and O–H groups in total. The lowest BCUT2D eigenvalue weighted by atomic mass is 9.93. The molecule has 0 aromatic heterocycles. The Labute approximate surface area is 91.4 Å². The van der Waals surface area contributed by atoms with Gasteiger partial charge >= 0.3 is 0 Å². The van der Waals surface area contributed by atoms with Crippen LogP contribution < -0.4 is 0 Å². The van der Waals surface area contributed by atoms with E-state index in [2.05, 4.69) is 43.0 Å². The highest BCUT2D eigenvalue weighted by molar-refractivity contribution is 7.83. The number of hydrogen-bond donors (Lipinski definition) is 1. The molecular formula is C13H16S. The van der Waals surface area contributed by atoms with E-state index in [1.165, 1.54) is 36.8 Å². The van der Waals surface area contributed by atoms with E-state index in [0.717, 1.165) is 5.92 Å². The first-order chi connectivity index (χ1) is 6.92. The Bertz CT molecular complexity index is 307. The molecule has 2 rings (SSSR count). The molecule has 1 aliphatic rings. The number of benzene rings is 1. The monoisotopic (exact) mass is 204 g/mol. The Hall–Kier alpha value is -0.690. The van der Waals surface area contributed by atoms with Crippen LogP contribution >= 0.6 is 12.6 Å². The summed E-state index contributed by atoms with van der Waals surface area (Å²) in [6, 6.07) is 10.6. The normalized spacial score (nSPS) is 18.8. The summed E-state index contributed by atoms with van der Waals surface area (Å²) in [6.07, 6.45) is 5.42. The fourth-order valence-corrected chi connectivity index (χ4v) is 2.64. The van der Waals surface area contributed by atoms with Crippen LogP contribution in [0.3, 0.4) is 0 Å². The van der Waals surface area contributed by atoms with E-state index in [1.54, 1.807) is 0 Å². The van der Waals surface area contributed by atoms with Crippen LogP contribution in [0, 0.1) is 5.92 Å². The number of rotatable bonds is 2. The Balaban J connectivity index is 2.22. The zero-order valence-electron chi connectivity index (χ0n) is 8.32. The third-order valence-corrected chi connectivity index (χ3v) is 3.32. The molecule has 1 heteroatoms. The smallest absolute Gasteiger partial charge is 0.0151 e. The SMILES string of the molecule is SC=C(c1ccccc1)C1CCCC1. The molecule has 1 fully saturated rings. The lowest BCUT2D eigenvalue weighted by molar-refractivity contribution is 0.707. The molecule has 1 saturated carbocycles. The third-order valence-electron chi connectivity index (χ3n) is 3.04. The maximum atomic E-state index is 4.34. The summed E-state index contributed by atoms with van der Waals surface area (Å²) >= 11 is 4.34. The molecule has 0 saturated heterocycles. The first-order valence-electron chi connectivity index (χ1n) is 5.31. The van der Waals surface area contributed by atoms with E-state index in [-0.39, 0.29) is 0 Å². The number of hydrogen-bond acceptors (Lipinski definition) is 1. The highest BCUT2D eigenvalue weighted by Gasteiger charge is 2.19. The van der Waals surface area contributed by atoms with Crippen LogP contribution in [0.2, 0.25) is 0 Å². The van der Waals surface area contributed by atoms with Crippen LogP contribution in [0.25, 0.3) is 5.57 Å². The van der Waals surface area contributed by atoms with Crippen molar-refractivity contribution in [2.75, 3.05) is 0 Å². The van der Waals surface area contributed by atoms with E-state index in [9.17, 15) is 0 Å². The van der Waals surface area contributed by atoms with Crippen molar-refractivity contribution in [3.05, 3.63) is 41.3 Å². The highest BCUT2D eigenvalue weighted by Crippen LogP contribution is 2.36. The summed E-state index contributed by atoms with van der Waals surface area (Å²) in [5.41, 5.74) is 2.76. The summed E-state index contributed by atoms with van der Waals surface area (Å²) in [5.74, 6) is 0.745. The standard InChI is InChI=1S/C13H16S/c14-10-13(12-8-4-5-9-12)11-6-2-1-3-7-11/h1-3,6-7,10,12,14H,4-5,8-9H2. The van der Waals surface area contributed by atoms with Crippen LogP contribution in [0.15, 0.2) is 35.7 Å². The average molecular weight is 204 g/mol. The van der Waals surface area contributed by atoms with Crippen LogP contribution in [0.1, 0.15) is 31.2 Å². The summed E-state index contributed by atoms with van der Waals surface area (Å²) in [7, 11) is 0. The van der Waals surface area contributed by atoms with Gasteiger partial charge in [0.05, 0.1) is 0 Å². The van der Waals surface area contributed by atoms with Crippen LogP contribution in [0.5, 0.6) is 0 Å². The van der Waals surface area contributed by atoms with Crippen LogP contribution in [-0.4, -0.2) is 0 Å². The van der Waals surface area contributed by atoms with Crippen molar-refractivity contribution in [3.63, 3.8) is 0 Å². The predicted molar refractivity (Wildman–Crippen MR) is 65.4 cm³/mol. The molecule has 14 heavy (non-hydrogen) atoms. The Kier molecular flexibility index (Phi) is 3.30. The number of thiol groups is 1. The fourth-order valence-electron chi connectivity index (χ4n) is 2.28. The maximum Gasteiger partial charge on any atom is -0.0151 e. The Morgan fingerprint density at radius 1 is 1.14 bits per heavy atom. The van der Waals surface area contributed by atoms with Crippen LogP contribution in [-0.2, 0) is 0 Å². The Morgan fingerprint density at radius 2 is 1.79 bits per heavy atom. The van der Waals surface area contributed by atoms with Gasteiger partial charge in [-0.15, -0.1) is 0 Å². The molecule has 1 aliphatic carbocycles. The van der Waals surface area contributed by atoms with Crippen molar-refractivity contribution in [1.82, 2.24) is 0 Å². The second kappa shape index (κ2) is 4.70. The third kappa shape index (κ3) is 2.03. The van der Waals surface area contributed by atoms with Crippen molar-refractivity contribution in [2.45, 2.75) is 25.7 Å². The molecule has 1 aromatic carbocycles. The van der Waals surface area contributed by atoms with Gasteiger partial charge in [-0.3, -0.25) is 0 Å². The van der Waals surface area contributed by atoms with Gasteiger partial charge in [0.1, 0.15) is 0 Å². The molecule has 0 heterocycles. The average Bonchev–Trinajstić information content (AvgIpc) is 2.74. The van der Waals surface area contributed by atoms with Crippen molar-refractivity contribution in [2.24, 2.45) is 5.92 Å². The second-order valence-corrected chi connectivity index (χ2v) is 4.19. The lowest BCUT2D eigenvalue weighted by Gasteiger charge is -2.13. The highest BCUT2D eigenvalue weighted by atomic mass is 32.1. The fraction of sp³-hybridized carbons (Fsp3) is 0.385. The molecule has 0 atom stereocenters. The van der Waals surface area contributed by atoms with E-state index in [4.69, 9.17) is 0 Å². The van der Waals surface area contributed by atoms with Crippen molar-refractivity contribution >= 4 is 18.2 Å². The minimum absolute atomic E-state index is 0.745. The summed E-state index contributed by atoms with van der Waals surface area (Å²) in [5, 5.41) is 1.99. The lowest BCUT2D eigenvalue weighted by Crippen LogP contribution is -1.97. The second-order valence-electron chi connectivity index (χ2n) is 3.93. The van der Waals surface area contributed by atoms with Crippen LogP contribution in [0.4, 0.5) is 0 Å². The zero-order valence-corrected chi connectivity index (χ0v) is 9.21. The maximum absolute atomic E-state index is 4.34. The minimum Gasteiger partial charge on any atom is -0.151 e. The summed E-state index contributed by atoms with van der Waals surface area (Å²) in [4.78, 5) is 0. The van der Waals surface area contributed by atoms with Crippen molar-refractivity contribution in [3.8, 4) is 0 Å². The van der Waals surface area contributed by atoms with Gasteiger partial charge < -0.3 is 0 Å². The predicted octanol–water partition coefficient (Wildman–Crippen LogP) is 4.15. The largest absolute Gasteiger partial charge is 0.151 e. The van der Waals surface area contributed by atoms with Gasteiger partial charge in [-0.05, 0) is 35.3 Å².